The predicted molar refractivity (Wildman–Crippen MR) is 87.3 cm³/mol. The lowest BCUT2D eigenvalue weighted by Gasteiger charge is -2.26. The summed E-state index contributed by atoms with van der Waals surface area (Å²) in [6.45, 7) is 7.67. The molecular formula is C16H26N2O2S. The fourth-order valence-corrected chi connectivity index (χ4v) is 4.34. The molecule has 0 amide bonds. The number of aryl methyl sites for hydroxylation is 1. The Hall–Kier alpha value is -1.07. The first-order valence-corrected chi connectivity index (χ1v) is 9.14. The number of hydrogen-bond acceptors (Lipinski definition) is 3. The third-order valence-corrected chi connectivity index (χ3v) is 6.25. The smallest absolute Gasteiger partial charge is 0.243 e. The first-order valence-electron chi connectivity index (χ1n) is 7.70. The van der Waals surface area contributed by atoms with Crippen LogP contribution in [0.15, 0.2) is 17.0 Å². The van der Waals surface area contributed by atoms with Gasteiger partial charge in [0.15, 0.2) is 0 Å². The molecule has 0 saturated heterocycles. The third-order valence-electron chi connectivity index (χ3n) is 4.34. The van der Waals surface area contributed by atoms with Crippen LogP contribution in [0.2, 0.25) is 0 Å². The van der Waals surface area contributed by atoms with Gasteiger partial charge in [0.25, 0.3) is 0 Å². The first-order chi connectivity index (χ1) is 9.87. The molecule has 1 atom stereocenters. The summed E-state index contributed by atoms with van der Waals surface area (Å²) in [6, 6.07) is 3.67. The van der Waals surface area contributed by atoms with E-state index in [1.54, 1.807) is 13.1 Å². The minimum absolute atomic E-state index is 0.365. The Morgan fingerprint density at radius 1 is 1.38 bits per heavy atom. The van der Waals surface area contributed by atoms with Crippen LogP contribution in [0.5, 0.6) is 0 Å². The zero-order chi connectivity index (χ0) is 15.6. The summed E-state index contributed by atoms with van der Waals surface area (Å²) in [5, 5.41) is 3.35. The van der Waals surface area contributed by atoms with Gasteiger partial charge in [0.05, 0.1) is 4.90 Å². The second-order valence-electron chi connectivity index (χ2n) is 6.06. The van der Waals surface area contributed by atoms with Gasteiger partial charge in [-0.2, -0.15) is 0 Å². The molecule has 4 nitrogen and oxygen atoms in total. The normalized spacial score (nSPS) is 16.4. The van der Waals surface area contributed by atoms with Crippen molar-refractivity contribution < 1.29 is 8.42 Å². The number of nitrogens with zero attached hydrogens (tertiary/aromatic N) is 1. The summed E-state index contributed by atoms with van der Waals surface area (Å²) >= 11 is 0. The predicted octanol–water partition coefficient (Wildman–Crippen LogP) is 3.02. The van der Waals surface area contributed by atoms with Gasteiger partial charge in [-0.25, -0.2) is 12.7 Å². The quantitative estimate of drug-likeness (QED) is 0.909. The standard InChI is InChI=1S/C16H26N2O2S/c1-5-12(2)11-18(4)21(19,20)15-9-8-13(3)16-14(15)7-6-10-17-16/h8-9,12,17H,5-7,10-11H2,1-4H3. The van der Waals surface area contributed by atoms with Crippen molar-refractivity contribution in [3.05, 3.63) is 23.3 Å². The number of benzene rings is 1. The molecule has 1 aliphatic rings. The van der Waals surface area contributed by atoms with Crippen LogP contribution in [0.25, 0.3) is 0 Å². The molecule has 1 aliphatic heterocycles. The number of sulfonamides is 1. The van der Waals surface area contributed by atoms with Gasteiger partial charge in [-0.15, -0.1) is 0 Å². The molecule has 0 aliphatic carbocycles. The van der Waals surface area contributed by atoms with E-state index in [1.165, 1.54) is 4.31 Å². The number of nitrogens with one attached hydrogen (secondary N) is 1. The van der Waals surface area contributed by atoms with Crippen LogP contribution in [-0.2, 0) is 16.4 Å². The van der Waals surface area contributed by atoms with Gasteiger partial charge in [-0.05, 0) is 42.9 Å². The van der Waals surface area contributed by atoms with Gasteiger partial charge < -0.3 is 5.32 Å². The molecule has 0 fully saturated rings. The maximum absolute atomic E-state index is 12.9. The summed E-state index contributed by atoms with van der Waals surface area (Å²) < 4.78 is 27.2. The Morgan fingerprint density at radius 2 is 2.10 bits per heavy atom. The Kier molecular flexibility index (Phi) is 4.94. The van der Waals surface area contributed by atoms with E-state index in [-0.39, 0.29) is 0 Å². The summed E-state index contributed by atoms with van der Waals surface area (Å²) in [4.78, 5) is 0.473. The van der Waals surface area contributed by atoms with Crippen LogP contribution < -0.4 is 5.32 Å². The number of rotatable bonds is 5. The average Bonchev–Trinajstić information content (AvgIpc) is 2.47. The van der Waals surface area contributed by atoms with Crippen LogP contribution in [0, 0.1) is 12.8 Å². The van der Waals surface area contributed by atoms with E-state index in [0.717, 1.165) is 42.6 Å². The Balaban J connectivity index is 2.41. The zero-order valence-corrected chi connectivity index (χ0v) is 14.3. The number of hydrogen-bond donors (Lipinski definition) is 1. The number of anilines is 1. The molecule has 1 unspecified atom stereocenters. The molecule has 1 heterocycles. The van der Waals surface area contributed by atoms with Crippen LogP contribution >= 0.6 is 0 Å². The molecule has 1 aromatic rings. The fraction of sp³-hybridized carbons (Fsp3) is 0.625. The van der Waals surface area contributed by atoms with Gasteiger partial charge in [0.2, 0.25) is 10.0 Å². The lowest BCUT2D eigenvalue weighted by Crippen LogP contribution is -2.32. The van der Waals surface area contributed by atoms with E-state index >= 15 is 0 Å². The molecule has 1 N–H and O–H groups in total. The van der Waals surface area contributed by atoms with Crippen LogP contribution in [-0.4, -0.2) is 32.9 Å². The molecule has 1 aromatic carbocycles. The maximum atomic E-state index is 12.9. The molecule has 2 rings (SSSR count). The van der Waals surface area contributed by atoms with E-state index in [1.807, 2.05) is 13.0 Å². The van der Waals surface area contributed by atoms with Crippen LogP contribution in [0.4, 0.5) is 5.69 Å². The Bertz CT molecular complexity index is 611. The van der Waals surface area contributed by atoms with E-state index in [9.17, 15) is 8.42 Å². The van der Waals surface area contributed by atoms with Gasteiger partial charge in [0.1, 0.15) is 0 Å². The monoisotopic (exact) mass is 310 g/mol. The van der Waals surface area contributed by atoms with E-state index in [0.29, 0.717) is 17.4 Å². The van der Waals surface area contributed by atoms with Crippen molar-refractivity contribution in [2.24, 2.45) is 5.92 Å². The minimum Gasteiger partial charge on any atom is -0.385 e. The molecule has 118 valence electrons. The largest absolute Gasteiger partial charge is 0.385 e. The topological polar surface area (TPSA) is 49.4 Å². The first kappa shape index (κ1) is 16.3. The number of fused-ring (bicyclic) bond motifs is 1. The molecule has 0 radical (unpaired) electrons. The fourth-order valence-electron chi connectivity index (χ4n) is 2.79. The molecular weight excluding hydrogens is 284 g/mol. The lowest BCUT2D eigenvalue weighted by molar-refractivity contribution is 0.393. The van der Waals surface area contributed by atoms with Crippen molar-refractivity contribution in [2.75, 3.05) is 25.5 Å². The SMILES string of the molecule is CCC(C)CN(C)S(=O)(=O)c1ccc(C)c2c1CCCN2. The van der Waals surface area contributed by atoms with Gasteiger partial charge >= 0.3 is 0 Å². The van der Waals surface area contributed by atoms with E-state index in [4.69, 9.17) is 0 Å². The highest BCUT2D eigenvalue weighted by molar-refractivity contribution is 7.89. The molecule has 21 heavy (non-hydrogen) atoms. The van der Waals surface area contributed by atoms with Gasteiger partial charge in [-0.1, -0.05) is 26.3 Å². The van der Waals surface area contributed by atoms with E-state index in [2.05, 4.69) is 19.2 Å². The Labute approximate surface area is 128 Å². The maximum Gasteiger partial charge on any atom is 0.243 e. The summed E-state index contributed by atoms with van der Waals surface area (Å²) in [6.07, 6.45) is 2.79. The molecule has 5 heteroatoms. The third kappa shape index (κ3) is 3.24. The van der Waals surface area contributed by atoms with Crippen LogP contribution in [0.3, 0.4) is 0 Å². The van der Waals surface area contributed by atoms with Crippen molar-refractivity contribution >= 4 is 15.7 Å². The molecule has 0 saturated carbocycles. The summed E-state index contributed by atoms with van der Waals surface area (Å²) in [5.41, 5.74) is 3.09. The highest BCUT2D eigenvalue weighted by atomic mass is 32.2. The highest BCUT2D eigenvalue weighted by Crippen LogP contribution is 2.32. The summed E-state index contributed by atoms with van der Waals surface area (Å²) in [7, 11) is -1.72. The molecule has 0 bridgehead atoms. The van der Waals surface area contributed by atoms with Crippen molar-refractivity contribution in [2.45, 2.75) is 44.9 Å². The molecule has 0 aromatic heterocycles. The Morgan fingerprint density at radius 3 is 2.76 bits per heavy atom. The second-order valence-corrected chi connectivity index (χ2v) is 8.08. The molecule has 0 spiro atoms. The average molecular weight is 310 g/mol. The van der Waals surface area contributed by atoms with Crippen molar-refractivity contribution in [1.29, 1.82) is 0 Å². The van der Waals surface area contributed by atoms with Crippen molar-refractivity contribution in [3.8, 4) is 0 Å². The van der Waals surface area contributed by atoms with Crippen LogP contribution in [0.1, 0.15) is 37.8 Å². The van der Waals surface area contributed by atoms with E-state index < -0.39 is 10.0 Å². The van der Waals surface area contributed by atoms with Gasteiger partial charge in [0, 0.05) is 25.8 Å². The highest BCUT2D eigenvalue weighted by Gasteiger charge is 2.27. The van der Waals surface area contributed by atoms with Gasteiger partial charge in [-0.3, -0.25) is 0 Å². The zero-order valence-electron chi connectivity index (χ0n) is 13.4. The van der Waals surface area contributed by atoms with Crippen molar-refractivity contribution in [3.63, 3.8) is 0 Å². The minimum atomic E-state index is -3.41. The second kappa shape index (κ2) is 6.36. The van der Waals surface area contributed by atoms with Crippen molar-refractivity contribution in [1.82, 2.24) is 4.31 Å². The summed E-state index contributed by atoms with van der Waals surface area (Å²) in [5.74, 6) is 0.365. The lowest BCUT2D eigenvalue weighted by atomic mass is 10.00.